The molecule has 0 unspecified atom stereocenters. The predicted molar refractivity (Wildman–Crippen MR) is 87.7 cm³/mol. The summed E-state index contributed by atoms with van der Waals surface area (Å²) in [6, 6.07) is 4.50. The molecule has 0 atom stereocenters. The van der Waals surface area contributed by atoms with Crippen molar-refractivity contribution >= 4 is 33.3 Å². The van der Waals surface area contributed by atoms with Crippen LogP contribution in [-0.2, 0) is 0 Å². The van der Waals surface area contributed by atoms with Gasteiger partial charge in [0.15, 0.2) is 0 Å². The molecule has 0 aliphatic carbocycles. The van der Waals surface area contributed by atoms with Crippen LogP contribution in [0.5, 0.6) is 0 Å². The topological polar surface area (TPSA) is 49.8 Å². The van der Waals surface area contributed by atoms with Gasteiger partial charge in [0.2, 0.25) is 0 Å². The van der Waals surface area contributed by atoms with E-state index in [1.165, 1.54) is 18.5 Å². The lowest BCUT2D eigenvalue weighted by atomic mass is 10.0. The first-order valence-electron chi connectivity index (χ1n) is 6.83. The molecule has 1 aromatic heterocycles. The molecular weight excluding hydrogens is 335 g/mol. The maximum Gasteiger partial charge on any atom is 0.139 e. The number of hydrogen-bond acceptors (Lipinski definition) is 4. The Morgan fingerprint density at radius 2 is 1.95 bits per heavy atom. The molecule has 0 bridgehead atoms. The highest BCUT2D eigenvalue weighted by molar-refractivity contribution is 9.10. The van der Waals surface area contributed by atoms with E-state index in [4.69, 9.17) is 0 Å². The van der Waals surface area contributed by atoms with Crippen molar-refractivity contribution in [1.82, 2.24) is 9.97 Å². The minimum Gasteiger partial charge on any atom is -0.370 e. The van der Waals surface area contributed by atoms with E-state index in [-0.39, 0.29) is 11.7 Å². The van der Waals surface area contributed by atoms with Crippen molar-refractivity contribution in [1.29, 1.82) is 0 Å². The SMILES string of the molecule is CCNc1ncnc(Nc2cc(F)ccc2Br)c1C(C)C. The molecule has 0 saturated carbocycles. The number of rotatable bonds is 5. The van der Waals surface area contributed by atoms with Crippen LogP contribution in [-0.4, -0.2) is 16.5 Å². The molecular formula is C15H18BrFN4. The predicted octanol–water partition coefficient (Wildman–Crippen LogP) is 4.68. The van der Waals surface area contributed by atoms with E-state index in [1.54, 1.807) is 6.07 Å². The van der Waals surface area contributed by atoms with E-state index in [9.17, 15) is 4.39 Å². The standard InChI is InChI=1S/C15H18BrFN4/c1-4-18-14-13(9(2)3)15(20-8-19-14)21-12-7-10(17)5-6-11(12)16/h5-9H,4H2,1-3H3,(H2,18,19,20,21). The zero-order valence-corrected chi connectivity index (χ0v) is 13.8. The smallest absolute Gasteiger partial charge is 0.139 e. The summed E-state index contributed by atoms with van der Waals surface area (Å²) in [5.74, 6) is 1.42. The van der Waals surface area contributed by atoms with Crippen LogP contribution < -0.4 is 10.6 Å². The van der Waals surface area contributed by atoms with Crippen LogP contribution in [0.15, 0.2) is 29.0 Å². The summed E-state index contributed by atoms with van der Waals surface area (Å²) in [7, 11) is 0. The quantitative estimate of drug-likeness (QED) is 0.820. The van der Waals surface area contributed by atoms with Crippen molar-refractivity contribution in [2.45, 2.75) is 26.7 Å². The highest BCUT2D eigenvalue weighted by atomic mass is 79.9. The number of benzene rings is 1. The van der Waals surface area contributed by atoms with Crippen molar-refractivity contribution in [2.75, 3.05) is 17.2 Å². The summed E-state index contributed by atoms with van der Waals surface area (Å²) in [6.07, 6.45) is 1.50. The number of nitrogens with zero attached hydrogens (tertiary/aromatic N) is 2. The van der Waals surface area contributed by atoms with Gasteiger partial charge in [0.05, 0.1) is 5.69 Å². The number of hydrogen-bond donors (Lipinski definition) is 2. The van der Waals surface area contributed by atoms with Crippen LogP contribution in [0.2, 0.25) is 0 Å². The molecule has 2 aromatic rings. The molecule has 0 saturated heterocycles. The van der Waals surface area contributed by atoms with E-state index in [1.807, 2.05) is 6.92 Å². The van der Waals surface area contributed by atoms with Gasteiger partial charge in [0.1, 0.15) is 23.8 Å². The third-order valence-corrected chi connectivity index (χ3v) is 3.68. The second kappa shape index (κ2) is 6.85. The number of halogens is 2. The molecule has 0 amide bonds. The zero-order chi connectivity index (χ0) is 15.4. The molecule has 4 nitrogen and oxygen atoms in total. The molecule has 112 valence electrons. The average molecular weight is 353 g/mol. The lowest BCUT2D eigenvalue weighted by Gasteiger charge is -2.18. The van der Waals surface area contributed by atoms with Gasteiger partial charge in [-0.25, -0.2) is 14.4 Å². The summed E-state index contributed by atoms with van der Waals surface area (Å²) >= 11 is 3.41. The summed E-state index contributed by atoms with van der Waals surface area (Å²) in [5.41, 5.74) is 1.62. The molecule has 1 aromatic carbocycles. The molecule has 0 aliphatic rings. The Kier molecular flexibility index (Phi) is 5.12. The van der Waals surface area contributed by atoms with Crippen LogP contribution in [0.4, 0.5) is 21.7 Å². The van der Waals surface area contributed by atoms with Gasteiger partial charge in [-0.1, -0.05) is 13.8 Å². The van der Waals surface area contributed by atoms with Crippen LogP contribution >= 0.6 is 15.9 Å². The molecule has 2 rings (SSSR count). The molecule has 21 heavy (non-hydrogen) atoms. The van der Waals surface area contributed by atoms with Crippen molar-refractivity contribution < 1.29 is 4.39 Å². The normalized spacial score (nSPS) is 10.8. The molecule has 1 heterocycles. The van der Waals surface area contributed by atoms with E-state index in [2.05, 4.69) is 50.4 Å². The van der Waals surface area contributed by atoms with Gasteiger partial charge in [0, 0.05) is 16.6 Å². The Balaban J connectivity index is 2.43. The first-order chi connectivity index (χ1) is 10.0. The van der Waals surface area contributed by atoms with E-state index >= 15 is 0 Å². The van der Waals surface area contributed by atoms with E-state index < -0.39 is 0 Å². The fourth-order valence-corrected chi connectivity index (χ4v) is 2.42. The van der Waals surface area contributed by atoms with Crippen molar-refractivity contribution in [3.05, 3.63) is 40.4 Å². The summed E-state index contributed by atoms with van der Waals surface area (Å²) < 4.78 is 14.2. The fraction of sp³-hybridized carbons (Fsp3) is 0.333. The van der Waals surface area contributed by atoms with Gasteiger partial charge in [0.25, 0.3) is 0 Å². The maximum absolute atomic E-state index is 13.4. The summed E-state index contributed by atoms with van der Waals surface area (Å²) in [6.45, 7) is 6.94. The third-order valence-electron chi connectivity index (χ3n) is 2.99. The van der Waals surface area contributed by atoms with Crippen molar-refractivity contribution in [3.63, 3.8) is 0 Å². The highest BCUT2D eigenvalue weighted by Gasteiger charge is 2.15. The molecule has 0 spiro atoms. The summed E-state index contributed by atoms with van der Waals surface area (Å²) in [4.78, 5) is 8.59. The lowest BCUT2D eigenvalue weighted by molar-refractivity contribution is 0.628. The lowest BCUT2D eigenvalue weighted by Crippen LogP contribution is -2.09. The van der Waals surface area contributed by atoms with Crippen LogP contribution in [0.1, 0.15) is 32.3 Å². The summed E-state index contributed by atoms with van der Waals surface area (Å²) in [5, 5.41) is 6.42. The molecule has 0 radical (unpaired) electrons. The van der Waals surface area contributed by atoms with Crippen LogP contribution in [0.25, 0.3) is 0 Å². The monoisotopic (exact) mass is 352 g/mol. The highest BCUT2D eigenvalue weighted by Crippen LogP contribution is 2.32. The van der Waals surface area contributed by atoms with Gasteiger partial charge in [-0.3, -0.25) is 0 Å². The second-order valence-corrected chi connectivity index (χ2v) is 5.77. The van der Waals surface area contributed by atoms with Crippen molar-refractivity contribution in [2.24, 2.45) is 0 Å². The van der Waals surface area contributed by atoms with Gasteiger partial charge in [-0.2, -0.15) is 0 Å². The molecule has 0 fully saturated rings. The fourth-order valence-electron chi connectivity index (χ4n) is 2.07. The van der Waals surface area contributed by atoms with Gasteiger partial charge < -0.3 is 10.6 Å². The third kappa shape index (κ3) is 3.69. The Bertz CT molecular complexity index is 631. The number of aromatic nitrogens is 2. The van der Waals surface area contributed by atoms with Crippen LogP contribution in [0, 0.1) is 5.82 Å². The minimum atomic E-state index is -0.298. The molecule has 2 N–H and O–H groups in total. The van der Waals surface area contributed by atoms with Gasteiger partial charge in [-0.05, 0) is 47.0 Å². The van der Waals surface area contributed by atoms with Gasteiger partial charge >= 0.3 is 0 Å². The Morgan fingerprint density at radius 3 is 2.62 bits per heavy atom. The van der Waals surface area contributed by atoms with Gasteiger partial charge in [-0.15, -0.1) is 0 Å². The Morgan fingerprint density at radius 1 is 1.24 bits per heavy atom. The van der Waals surface area contributed by atoms with Crippen molar-refractivity contribution in [3.8, 4) is 0 Å². The molecule has 0 aliphatic heterocycles. The van der Waals surface area contributed by atoms with E-state index in [0.717, 1.165) is 22.4 Å². The largest absolute Gasteiger partial charge is 0.370 e. The van der Waals surface area contributed by atoms with Crippen LogP contribution in [0.3, 0.4) is 0 Å². The average Bonchev–Trinajstić information content (AvgIpc) is 2.43. The molecule has 6 heteroatoms. The minimum absolute atomic E-state index is 0.232. The number of nitrogens with one attached hydrogen (secondary N) is 2. The number of anilines is 3. The van der Waals surface area contributed by atoms with E-state index in [0.29, 0.717) is 11.5 Å². The first-order valence-corrected chi connectivity index (χ1v) is 7.63. The second-order valence-electron chi connectivity index (χ2n) is 4.92. The Hall–Kier alpha value is -1.69. The maximum atomic E-state index is 13.4. The Labute approximate surface area is 132 Å². The zero-order valence-electron chi connectivity index (χ0n) is 12.2. The first kappa shape index (κ1) is 15.7.